The van der Waals surface area contributed by atoms with Crippen LogP contribution in [-0.2, 0) is 25.7 Å². The van der Waals surface area contributed by atoms with Crippen molar-refractivity contribution in [3.8, 4) is 0 Å². The van der Waals surface area contributed by atoms with E-state index < -0.39 is 33.0 Å². The Balaban J connectivity index is 2.22. The minimum Gasteiger partial charge on any atom is -0.468 e. The van der Waals surface area contributed by atoms with E-state index in [0.717, 1.165) is 28.6 Å². The molecule has 0 radical (unpaired) electrons. The number of hydrogen-bond donors (Lipinski definition) is 0. The van der Waals surface area contributed by atoms with Crippen LogP contribution < -0.4 is 0 Å². The second kappa shape index (κ2) is 6.70. The van der Waals surface area contributed by atoms with Gasteiger partial charge in [-0.1, -0.05) is 0 Å². The topological polar surface area (TPSA) is 63.7 Å². The molecular weight excluding hydrogens is 355 g/mol. The molecule has 1 fully saturated rings. The van der Waals surface area contributed by atoms with Gasteiger partial charge in [0.2, 0.25) is 10.0 Å². The van der Waals surface area contributed by atoms with Gasteiger partial charge in [0, 0.05) is 18.8 Å². The van der Waals surface area contributed by atoms with Gasteiger partial charge in [0.15, 0.2) is 0 Å². The van der Waals surface area contributed by atoms with Crippen molar-refractivity contribution < 1.29 is 31.1 Å². The van der Waals surface area contributed by atoms with Gasteiger partial charge in [-0.15, -0.1) is 11.8 Å². The zero-order valence-corrected chi connectivity index (χ0v) is 13.7. The molecule has 0 amide bonds. The van der Waals surface area contributed by atoms with Crippen molar-refractivity contribution in [2.75, 3.05) is 26.0 Å². The van der Waals surface area contributed by atoms with Crippen LogP contribution in [0, 0.1) is 0 Å². The summed E-state index contributed by atoms with van der Waals surface area (Å²) < 4.78 is 68.3. The van der Waals surface area contributed by atoms with Crippen LogP contribution in [-0.4, -0.2) is 49.9 Å². The number of methoxy groups -OCH3 is 1. The van der Waals surface area contributed by atoms with Crippen LogP contribution in [0.25, 0.3) is 0 Å². The molecule has 1 aromatic rings. The fourth-order valence-electron chi connectivity index (χ4n) is 2.08. The van der Waals surface area contributed by atoms with Gasteiger partial charge in [-0.3, -0.25) is 4.79 Å². The zero-order chi connectivity index (χ0) is 17.3. The molecule has 128 valence electrons. The van der Waals surface area contributed by atoms with E-state index in [2.05, 4.69) is 4.74 Å². The zero-order valence-electron chi connectivity index (χ0n) is 12.0. The van der Waals surface area contributed by atoms with Crippen LogP contribution in [0.1, 0.15) is 5.56 Å². The highest BCUT2D eigenvalue weighted by Crippen LogP contribution is 2.31. The van der Waals surface area contributed by atoms with Crippen LogP contribution in [0.15, 0.2) is 29.2 Å². The van der Waals surface area contributed by atoms with Crippen LogP contribution in [0.4, 0.5) is 13.2 Å². The summed E-state index contributed by atoms with van der Waals surface area (Å²) in [7, 11) is -2.74. The Morgan fingerprint density at radius 2 is 1.91 bits per heavy atom. The molecule has 0 aromatic heterocycles. The lowest BCUT2D eigenvalue weighted by molar-refractivity contribution is -0.140. The standard InChI is InChI=1S/C13H14F3NO4S2/c1-21-12(18)11-8-17(6-7-22-11)23(19,20)10-4-2-9(3-5-10)13(14,15)16/h2-5,11H,6-8H2,1H3/t11-/m1/s1. The first kappa shape index (κ1) is 18.1. The molecule has 5 nitrogen and oxygen atoms in total. The van der Waals surface area contributed by atoms with Crippen LogP contribution in [0.2, 0.25) is 0 Å². The molecule has 1 heterocycles. The Morgan fingerprint density at radius 3 is 2.43 bits per heavy atom. The lowest BCUT2D eigenvalue weighted by Gasteiger charge is -2.30. The first-order chi connectivity index (χ1) is 10.7. The van der Waals surface area contributed by atoms with Crippen molar-refractivity contribution in [1.82, 2.24) is 4.31 Å². The van der Waals surface area contributed by atoms with Gasteiger partial charge in [0.25, 0.3) is 0 Å². The van der Waals surface area contributed by atoms with E-state index in [0.29, 0.717) is 5.75 Å². The van der Waals surface area contributed by atoms with Gasteiger partial charge in [-0.25, -0.2) is 8.42 Å². The maximum Gasteiger partial charge on any atom is 0.416 e. The highest BCUT2D eigenvalue weighted by atomic mass is 32.2. The minimum absolute atomic E-state index is 0.0688. The number of carbonyl (C=O) groups excluding carboxylic acids is 1. The predicted molar refractivity (Wildman–Crippen MR) is 78.5 cm³/mol. The summed E-state index contributed by atoms with van der Waals surface area (Å²) in [4.78, 5) is 11.3. The Labute approximate surface area is 135 Å². The molecule has 2 rings (SSSR count). The van der Waals surface area contributed by atoms with E-state index in [1.165, 1.54) is 18.9 Å². The summed E-state index contributed by atoms with van der Waals surface area (Å²) in [5.41, 5.74) is -0.918. The molecule has 1 aromatic carbocycles. The molecule has 0 bridgehead atoms. The van der Waals surface area contributed by atoms with Gasteiger partial charge < -0.3 is 4.74 Å². The molecule has 10 heteroatoms. The van der Waals surface area contributed by atoms with Crippen molar-refractivity contribution in [1.29, 1.82) is 0 Å². The predicted octanol–water partition coefficient (Wildman–Crippen LogP) is 1.98. The lowest BCUT2D eigenvalue weighted by atomic mass is 10.2. The van der Waals surface area contributed by atoms with E-state index in [1.807, 2.05) is 0 Å². The minimum atomic E-state index is -4.53. The number of benzene rings is 1. The Morgan fingerprint density at radius 1 is 1.30 bits per heavy atom. The average molecular weight is 369 g/mol. The largest absolute Gasteiger partial charge is 0.468 e. The number of nitrogens with zero attached hydrogens (tertiary/aromatic N) is 1. The van der Waals surface area contributed by atoms with Gasteiger partial charge in [0.05, 0.1) is 17.6 Å². The summed E-state index contributed by atoms with van der Waals surface area (Å²) in [5.74, 6) is -0.123. The molecule has 0 N–H and O–H groups in total. The van der Waals surface area contributed by atoms with Crippen LogP contribution in [0.3, 0.4) is 0 Å². The molecule has 0 spiro atoms. The quantitative estimate of drug-likeness (QED) is 0.763. The third-order valence-electron chi connectivity index (χ3n) is 3.31. The third kappa shape index (κ3) is 3.99. The Hall–Kier alpha value is -1.26. The van der Waals surface area contributed by atoms with Gasteiger partial charge in [0.1, 0.15) is 5.25 Å². The van der Waals surface area contributed by atoms with Crippen LogP contribution >= 0.6 is 11.8 Å². The number of sulfonamides is 1. The second-order valence-corrected chi connectivity index (χ2v) is 8.02. The molecule has 23 heavy (non-hydrogen) atoms. The normalized spacial score (nSPS) is 20.3. The van der Waals surface area contributed by atoms with E-state index in [-0.39, 0.29) is 18.0 Å². The van der Waals surface area contributed by atoms with Gasteiger partial charge in [-0.05, 0) is 24.3 Å². The summed E-state index contributed by atoms with van der Waals surface area (Å²) in [5, 5.41) is -0.641. The number of alkyl halides is 3. The van der Waals surface area contributed by atoms with Crippen LogP contribution in [0.5, 0.6) is 0 Å². The highest BCUT2D eigenvalue weighted by Gasteiger charge is 2.35. The van der Waals surface area contributed by atoms with E-state index in [1.54, 1.807) is 0 Å². The third-order valence-corrected chi connectivity index (χ3v) is 6.35. The number of halogens is 3. The van der Waals surface area contributed by atoms with Gasteiger partial charge >= 0.3 is 12.1 Å². The van der Waals surface area contributed by atoms with Crippen molar-refractivity contribution in [3.05, 3.63) is 29.8 Å². The van der Waals surface area contributed by atoms with Crippen molar-refractivity contribution in [2.24, 2.45) is 0 Å². The maximum absolute atomic E-state index is 12.5. The Bertz CT molecular complexity index is 673. The molecule has 0 aliphatic carbocycles. The smallest absolute Gasteiger partial charge is 0.416 e. The first-order valence-electron chi connectivity index (χ1n) is 6.53. The van der Waals surface area contributed by atoms with Gasteiger partial charge in [-0.2, -0.15) is 17.5 Å². The Kier molecular flexibility index (Phi) is 5.27. The molecule has 1 saturated heterocycles. The van der Waals surface area contributed by atoms with Crippen molar-refractivity contribution >= 4 is 27.8 Å². The average Bonchev–Trinajstić information content (AvgIpc) is 2.53. The highest BCUT2D eigenvalue weighted by molar-refractivity contribution is 8.00. The number of carbonyl (C=O) groups is 1. The van der Waals surface area contributed by atoms with E-state index in [9.17, 15) is 26.4 Å². The number of esters is 1. The summed E-state index contributed by atoms with van der Waals surface area (Å²) in [6.45, 7) is 0.113. The summed E-state index contributed by atoms with van der Waals surface area (Å²) >= 11 is 1.29. The van der Waals surface area contributed by atoms with E-state index in [4.69, 9.17) is 0 Å². The number of rotatable bonds is 3. The van der Waals surface area contributed by atoms with Crippen molar-refractivity contribution in [2.45, 2.75) is 16.3 Å². The second-order valence-electron chi connectivity index (χ2n) is 4.77. The number of ether oxygens (including phenoxy) is 1. The fraction of sp³-hybridized carbons (Fsp3) is 0.462. The molecule has 0 unspecified atom stereocenters. The van der Waals surface area contributed by atoms with Crippen molar-refractivity contribution in [3.63, 3.8) is 0 Å². The van der Waals surface area contributed by atoms with E-state index >= 15 is 0 Å². The summed E-state index contributed by atoms with van der Waals surface area (Å²) in [6, 6.07) is 3.30. The molecule has 0 saturated carbocycles. The lowest BCUT2D eigenvalue weighted by Crippen LogP contribution is -2.44. The first-order valence-corrected chi connectivity index (χ1v) is 9.02. The number of hydrogen-bond acceptors (Lipinski definition) is 5. The monoisotopic (exact) mass is 369 g/mol. The SMILES string of the molecule is COC(=O)[C@H]1CN(S(=O)(=O)c2ccc(C(F)(F)F)cc2)CCS1. The molecule has 1 aliphatic rings. The maximum atomic E-state index is 12.5. The fourth-order valence-corrected chi connectivity index (χ4v) is 4.88. The molecule has 1 aliphatic heterocycles. The summed E-state index contributed by atoms with van der Waals surface area (Å²) in [6.07, 6.45) is -4.53. The molecule has 1 atom stereocenters. The molecular formula is C13H14F3NO4S2. The number of thioether (sulfide) groups is 1.